The molecule has 2 rings (SSSR count). The van der Waals surface area contributed by atoms with Crippen LogP contribution in [-0.4, -0.2) is 31.0 Å². The Balaban J connectivity index is 2.17. The predicted octanol–water partition coefficient (Wildman–Crippen LogP) is 2.48. The Hall–Kier alpha value is -0.620. The standard InChI is InChI=1S/C9H11BrN4S/c1-6(2-10)3-15-9-7-8(12-4-11-7)13-5-14-9/h4-6H,2-3H2,1H3,(H,11,12,13,14). The fraction of sp³-hybridized carbons (Fsp3) is 0.444. The van der Waals surface area contributed by atoms with Gasteiger partial charge in [-0.25, -0.2) is 15.0 Å². The molecule has 0 saturated carbocycles. The molecule has 1 atom stereocenters. The third-order valence-electron chi connectivity index (χ3n) is 1.96. The molecule has 2 aromatic heterocycles. The summed E-state index contributed by atoms with van der Waals surface area (Å²) in [6.45, 7) is 2.20. The van der Waals surface area contributed by atoms with Crippen molar-refractivity contribution in [3.63, 3.8) is 0 Å². The topological polar surface area (TPSA) is 54.5 Å². The molecule has 80 valence electrons. The number of imidazole rings is 1. The van der Waals surface area contributed by atoms with E-state index in [1.54, 1.807) is 24.4 Å². The lowest BCUT2D eigenvalue weighted by atomic mass is 10.3. The lowest BCUT2D eigenvalue weighted by molar-refractivity contribution is 0.769. The molecule has 0 saturated heterocycles. The van der Waals surface area contributed by atoms with Crippen LogP contribution in [0.5, 0.6) is 0 Å². The smallest absolute Gasteiger partial charge is 0.181 e. The number of aromatic nitrogens is 4. The molecule has 0 spiro atoms. The first-order chi connectivity index (χ1) is 7.31. The first-order valence-corrected chi connectivity index (χ1v) is 6.75. The highest BCUT2D eigenvalue weighted by Gasteiger charge is 2.08. The number of halogens is 1. The Morgan fingerprint density at radius 2 is 2.33 bits per heavy atom. The Morgan fingerprint density at radius 1 is 1.47 bits per heavy atom. The first-order valence-electron chi connectivity index (χ1n) is 4.64. The van der Waals surface area contributed by atoms with Crippen molar-refractivity contribution in [2.75, 3.05) is 11.1 Å². The van der Waals surface area contributed by atoms with Crippen molar-refractivity contribution >= 4 is 38.9 Å². The van der Waals surface area contributed by atoms with Gasteiger partial charge in [-0.2, -0.15) is 0 Å². The normalized spacial score (nSPS) is 13.2. The van der Waals surface area contributed by atoms with Crippen molar-refractivity contribution in [1.29, 1.82) is 0 Å². The molecule has 0 aliphatic rings. The Morgan fingerprint density at radius 3 is 3.13 bits per heavy atom. The second-order valence-electron chi connectivity index (χ2n) is 3.35. The van der Waals surface area contributed by atoms with E-state index in [0.717, 1.165) is 27.3 Å². The molecule has 1 N–H and O–H groups in total. The maximum atomic E-state index is 4.25. The number of alkyl halides is 1. The fourth-order valence-corrected chi connectivity index (χ4v) is 2.63. The summed E-state index contributed by atoms with van der Waals surface area (Å²) in [5, 5.41) is 1.99. The maximum absolute atomic E-state index is 4.25. The highest BCUT2D eigenvalue weighted by atomic mass is 79.9. The van der Waals surface area contributed by atoms with Gasteiger partial charge < -0.3 is 4.98 Å². The van der Waals surface area contributed by atoms with Crippen LogP contribution in [0, 0.1) is 5.92 Å². The van der Waals surface area contributed by atoms with Gasteiger partial charge in [0.05, 0.1) is 6.33 Å². The molecule has 0 radical (unpaired) electrons. The molecule has 0 aliphatic heterocycles. The minimum Gasteiger partial charge on any atom is -0.341 e. The Kier molecular flexibility index (Phi) is 3.58. The zero-order valence-corrected chi connectivity index (χ0v) is 10.7. The van der Waals surface area contributed by atoms with Crippen LogP contribution in [0.2, 0.25) is 0 Å². The van der Waals surface area contributed by atoms with Gasteiger partial charge in [-0.15, -0.1) is 11.8 Å². The molecule has 0 fully saturated rings. The molecule has 6 heteroatoms. The van der Waals surface area contributed by atoms with Crippen molar-refractivity contribution < 1.29 is 0 Å². The lowest BCUT2D eigenvalue weighted by Crippen LogP contribution is -1.99. The summed E-state index contributed by atoms with van der Waals surface area (Å²) >= 11 is 5.20. The highest BCUT2D eigenvalue weighted by molar-refractivity contribution is 9.09. The van der Waals surface area contributed by atoms with Gasteiger partial charge in [0.25, 0.3) is 0 Å². The minimum absolute atomic E-state index is 0.628. The second-order valence-corrected chi connectivity index (χ2v) is 5.01. The van der Waals surface area contributed by atoms with Crippen LogP contribution in [0.25, 0.3) is 11.2 Å². The first kappa shape index (κ1) is 10.9. The summed E-state index contributed by atoms with van der Waals surface area (Å²) in [7, 11) is 0. The fourth-order valence-electron chi connectivity index (χ4n) is 1.12. The van der Waals surface area contributed by atoms with Crippen LogP contribution in [0.1, 0.15) is 6.92 Å². The van der Waals surface area contributed by atoms with E-state index in [9.17, 15) is 0 Å². The number of rotatable bonds is 4. The van der Waals surface area contributed by atoms with Gasteiger partial charge in [0, 0.05) is 11.1 Å². The van der Waals surface area contributed by atoms with Crippen molar-refractivity contribution in [3.8, 4) is 0 Å². The third kappa shape index (κ3) is 2.49. The molecule has 0 aromatic carbocycles. The highest BCUT2D eigenvalue weighted by Crippen LogP contribution is 2.24. The van der Waals surface area contributed by atoms with Crippen molar-refractivity contribution in [2.45, 2.75) is 11.9 Å². The average molecular weight is 287 g/mol. The largest absolute Gasteiger partial charge is 0.341 e. The number of nitrogens with zero attached hydrogens (tertiary/aromatic N) is 3. The van der Waals surface area contributed by atoms with Crippen LogP contribution in [0.3, 0.4) is 0 Å². The molecule has 0 bridgehead atoms. The van der Waals surface area contributed by atoms with E-state index in [-0.39, 0.29) is 0 Å². The van der Waals surface area contributed by atoms with E-state index in [1.165, 1.54) is 0 Å². The number of H-pyrrole nitrogens is 1. The van der Waals surface area contributed by atoms with Crippen molar-refractivity contribution in [1.82, 2.24) is 19.9 Å². The molecule has 1 unspecified atom stereocenters. The van der Waals surface area contributed by atoms with Crippen LogP contribution in [0.15, 0.2) is 17.7 Å². The maximum Gasteiger partial charge on any atom is 0.181 e. The van der Waals surface area contributed by atoms with Crippen LogP contribution in [0.4, 0.5) is 0 Å². The van der Waals surface area contributed by atoms with Crippen molar-refractivity contribution in [2.24, 2.45) is 5.92 Å². The predicted molar refractivity (Wildman–Crippen MR) is 65.4 cm³/mol. The number of nitrogens with one attached hydrogen (secondary N) is 1. The summed E-state index contributed by atoms with van der Waals surface area (Å²) in [5.74, 6) is 1.67. The van der Waals surface area contributed by atoms with Crippen LogP contribution >= 0.6 is 27.7 Å². The summed E-state index contributed by atoms with van der Waals surface area (Å²) in [6.07, 6.45) is 3.21. The molecule has 0 aliphatic carbocycles. The van der Waals surface area contributed by atoms with Crippen molar-refractivity contribution in [3.05, 3.63) is 12.7 Å². The van der Waals surface area contributed by atoms with E-state index in [2.05, 4.69) is 42.8 Å². The molecular weight excluding hydrogens is 276 g/mol. The lowest BCUT2D eigenvalue weighted by Gasteiger charge is -2.06. The third-order valence-corrected chi connectivity index (χ3v) is 4.38. The van der Waals surface area contributed by atoms with Gasteiger partial charge >= 0.3 is 0 Å². The van der Waals surface area contributed by atoms with E-state index in [1.807, 2.05) is 0 Å². The Labute approximate surface area is 100 Å². The quantitative estimate of drug-likeness (QED) is 0.533. The number of hydrogen-bond acceptors (Lipinski definition) is 4. The zero-order chi connectivity index (χ0) is 10.7. The minimum atomic E-state index is 0.628. The number of hydrogen-bond donors (Lipinski definition) is 1. The number of thioether (sulfide) groups is 1. The number of aromatic amines is 1. The molecule has 4 nitrogen and oxygen atoms in total. The van der Waals surface area contributed by atoms with E-state index in [4.69, 9.17) is 0 Å². The molecule has 2 aromatic rings. The summed E-state index contributed by atoms with van der Waals surface area (Å²) in [6, 6.07) is 0. The van der Waals surface area contributed by atoms with E-state index < -0.39 is 0 Å². The van der Waals surface area contributed by atoms with Gasteiger partial charge in [0.15, 0.2) is 5.65 Å². The van der Waals surface area contributed by atoms with Gasteiger partial charge in [-0.05, 0) is 5.92 Å². The SMILES string of the molecule is CC(CBr)CSc1ncnc2nc[nH]c12. The summed E-state index contributed by atoms with van der Waals surface area (Å²) in [4.78, 5) is 15.5. The number of fused-ring (bicyclic) bond motifs is 1. The van der Waals surface area contributed by atoms with Crippen LogP contribution < -0.4 is 0 Å². The summed E-state index contributed by atoms with van der Waals surface area (Å²) in [5.41, 5.74) is 1.67. The van der Waals surface area contributed by atoms with E-state index in [0.29, 0.717) is 5.92 Å². The van der Waals surface area contributed by atoms with E-state index >= 15 is 0 Å². The zero-order valence-electron chi connectivity index (χ0n) is 8.27. The Bertz CT molecular complexity index is 444. The van der Waals surface area contributed by atoms with Gasteiger partial charge in [-0.3, -0.25) is 0 Å². The van der Waals surface area contributed by atoms with Gasteiger partial charge in [0.2, 0.25) is 0 Å². The molecule has 15 heavy (non-hydrogen) atoms. The second kappa shape index (κ2) is 4.94. The molecule has 0 amide bonds. The monoisotopic (exact) mass is 286 g/mol. The van der Waals surface area contributed by atoms with Crippen LogP contribution in [-0.2, 0) is 0 Å². The molecular formula is C9H11BrN4S. The van der Waals surface area contributed by atoms with Gasteiger partial charge in [-0.1, -0.05) is 22.9 Å². The molecule has 2 heterocycles. The average Bonchev–Trinajstić information content (AvgIpc) is 2.74. The summed E-state index contributed by atoms with van der Waals surface area (Å²) < 4.78 is 0. The van der Waals surface area contributed by atoms with Gasteiger partial charge in [0.1, 0.15) is 16.9 Å².